The number of carboxylic acids is 1. The molecule has 8 heteroatoms. The van der Waals surface area contributed by atoms with Crippen molar-refractivity contribution in [1.82, 2.24) is 10.2 Å². The lowest BCUT2D eigenvalue weighted by Gasteiger charge is -2.46. The highest BCUT2D eigenvalue weighted by molar-refractivity contribution is 8.03. The van der Waals surface area contributed by atoms with Crippen LogP contribution in [0.3, 0.4) is 0 Å². The molecule has 1 saturated carbocycles. The van der Waals surface area contributed by atoms with Crippen molar-refractivity contribution < 1.29 is 24.9 Å². The van der Waals surface area contributed by atoms with Crippen molar-refractivity contribution in [2.45, 2.75) is 81.9 Å². The van der Waals surface area contributed by atoms with Crippen LogP contribution in [0.15, 0.2) is 10.6 Å². The number of amides is 1. The van der Waals surface area contributed by atoms with Gasteiger partial charge in [-0.3, -0.25) is 4.79 Å². The molecule has 1 aliphatic carbocycles. The first-order valence-corrected chi connectivity index (χ1v) is 11.8. The Bertz CT molecular complexity index is 705. The molecule has 3 heterocycles. The second-order valence-corrected chi connectivity index (χ2v) is 10.5. The number of aliphatic carboxylic acids is 1. The van der Waals surface area contributed by atoms with E-state index in [0.29, 0.717) is 5.92 Å². The van der Waals surface area contributed by atoms with Crippen LogP contribution in [-0.2, 0) is 9.59 Å². The third kappa shape index (κ3) is 3.62. The second-order valence-electron chi connectivity index (χ2n) is 9.15. The highest BCUT2D eigenvalue weighted by Crippen LogP contribution is 2.52. The molecule has 2 saturated heterocycles. The van der Waals surface area contributed by atoms with Gasteiger partial charge in [-0.1, -0.05) is 26.2 Å². The summed E-state index contributed by atoms with van der Waals surface area (Å²) in [5.74, 6) is -1.65. The number of nitrogens with zero attached hydrogens (tertiary/aromatic N) is 1. The average Bonchev–Trinajstić information content (AvgIpc) is 3.24. The van der Waals surface area contributed by atoms with Crippen molar-refractivity contribution in [3.63, 3.8) is 0 Å². The van der Waals surface area contributed by atoms with Crippen molar-refractivity contribution in [2.75, 3.05) is 6.54 Å². The zero-order valence-corrected chi connectivity index (χ0v) is 17.9. The van der Waals surface area contributed by atoms with Crippen LogP contribution in [0.25, 0.3) is 0 Å². The van der Waals surface area contributed by atoms with Crippen LogP contribution in [-0.4, -0.2) is 68.2 Å². The van der Waals surface area contributed by atoms with E-state index in [1.54, 1.807) is 18.7 Å². The summed E-state index contributed by atoms with van der Waals surface area (Å²) in [7, 11) is 0. The average molecular weight is 425 g/mol. The molecule has 3 fully saturated rings. The molecule has 162 valence electrons. The Morgan fingerprint density at radius 3 is 2.55 bits per heavy atom. The Balaban J connectivity index is 1.45. The maximum absolute atomic E-state index is 12.5. The lowest BCUT2D eigenvalue weighted by molar-refractivity contribution is -0.163. The smallest absolute Gasteiger partial charge is 0.353 e. The Hall–Kier alpha value is -1.09. The van der Waals surface area contributed by atoms with E-state index in [2.05, 4.69) is 5.32 Å². The molecule has 7 atom stereocenters. The number of nitrogens with one attached hydrogen (secondary N) is 1. The predicted molar refractivity (Wildman–Crippen MR) is 110 cm³/mol. The summed E-state index contributed by atoms with van der Waals surface area (Å²) in [5, 5.41) is 34.2. The van der Waals surface area contributed by atoms with Crippen molar-refractivity contribution in [3.05, 3.63) is 10.6 Å². The van der Waals surface area contributed by atoms with E-state index in [-0.39, 0.29) is 41.0 Å². The molecule has 4 rings (SSSR count). The highest BCUT2D eigenvalue weighted by Gasteiger charge is 2.60. The number of carbonyl (C=O) groups is 2. The number of carboxylic acid groups (broad SMARTS) is 1. The molecule has 5 unspecified atom stereocenters. The van der Waals surface area contributed by atoms with Gasteiger partial charge in [0.05, 0.1) is 24.2 Å². The van der Waals surface area contributed by atoms with Gasteiger partial charge in [-0.05, 0) is 32.1 Å². The maximum Gasteiger partial charge on any atom is 0.353 e. The molecule has 0 bridgehead atoms. The largest absolute Gasteiger partial charge is 0.477 e. The van der Waals surface area contributed by atoms with Crippen LogP contribution in [0.1, 0.15) is 52.4 Å². The van der Waals surface area contributed by atoms with Crippen LogP contribution < -0.4 is 5.32 Å². The third-order valence-corrected chi connectivity index (χ3v) is 8.79. The summed E-state index contributed by atoms with van der Waals surface area (Å²) in [6.07, 6.45) is 5.47. The molecule has 0 aromatic heterocycles. The van der Waals surface area contributed by atoms with E-state index in [4.69, 9.17) is 0 Å². The molecular formula is C21H32N2O5S. The van der Waals surface area contributed by atoms with Crippen molar-refractivity contribution in [3.8, 4) is 0 Å². The fourth-order valence-electron chi connectivity index (χ4n) is 5.75. The van der Waals surface area contributed by atoms with Crippen LogP contribution in [0.2, 0.25) is 0 Å². The zero-order valence-electron chi connectivity index (χ0n) is 17.1. The Morgan fingerprint density at radius 1 is 1.24 bits per heavy atom. The molecule has 4 aliphatic rings. The van der Waals surface area contributed by atoms with Gasteiger partial charge in [-0.25, -0.2) is 4.79 Å². The fourth-order valence-corrected chi connectivity index (χ4v) is 7.24. The molecule has 0 aromatic rings. The van der Waals surface area contributed by atoms with E-state index < -0.39 is 18.0 Å². The van der Waals surface area contributed by atoms with E-state index in [0.717, 1.165) is 30.7 Å². The Kier molecular flexibility index (Phi) is 5.99. The molecule has 1 amide bonds. The van der Waals surface area contributed by atoms with Crippen LogP contribution in [0.5, 0.6) is 0 Å². The molecule has 7 nitrogen and oxygen atoms in total. The van der Waals surface area contributed by atoms with Gasteiger partial charge in [0, 0.05) is 28.7 Å². The minimum Gasteiger partial charge on any atom is -0.477 e. The predicted octanol–water partition coefficient (Wildman–Crippen LogP) is 1.54. The SMILES string of the molecule is CC(O)C1C(=O)N2C(C(=O)O)=C(SC3CN[C@H](C(O)C4CCCCC4)C3)[C@H](C)C12. The number of hydrogen-bond acceptors (Lipinski definition) is 6. The first-order valence-electron chi connectivity index (χ1n) is 10.9. The lowest BCUT2D eigenvalue weighted by atomic mass is 9.79. The van der Waals surface area contributed by atoms with Crippen LogP contribution in [0, 0.1) is 17.8 Å². The van der Waals surface area contributed by atoms with Gasteiger partial charge in [0.25, 0.3) is 0 Å². The highest BCUT2D eigenvalue weighted by atomic mass is 32.2. The maximum atomic E-state index is 12.5. The molecule has 0 spiro atoms. The molecule has 0 aromatic carbocycles. The summed E-state index contributed by atoms with van der Waals surface area (Å²) in [6.45, 7) is 4.27. The van der Waals surface area contributed by atoms with E-state index >= 15 is 0 Å². The number of thioether (sulfide) groups is 1. The Labute approximate surface area is 175 Å². The third-order valence-electron chi connectivity index (χ3n) is 7.27. The molecule has 0 radical (unpaired) electrons. The molecule has 3 aliphatic heterocycles. The summed E-state index contributed by atoms with van der Waals surface area (Å²) in [5.41, 5.74) is 0.0886. The number of hydrogen-bond donors (Lipinski definition) is 4. The summed E-state index contributed by atoms with van der Waals surface area (Å²) in [6, 6.07) is -0.223. The monoisotopic (exact) mass is 424 g/mol. The second kappa shape index (κ2) is 8.21. The number of carbonyl (C=O) groups excluding carboxylic acids is 1. The number of fused-ring (bicyclic) bond motifs is 1. The number of rotatable bonds is 6. The number of aliphatic hydroxyl groups excluding tert-OH is 2. The quantitative estimate of drug-likeness (QED) is 0.479. The number of aliphatic hydroxyl groups is 2. The molecule has 29 heavy (non-hydrogen) atoms. The van der Waals surface area contributed by atoms with Crippen LogP contribution in [0.4, 0.5) is 0 Å². The normalized spacial score (nSPS) is 37.4. The van der Waals surface area contributed by atoms with Gasteiger partial charge in [-0.15, -0.1) is 11.8 Å². The minimum atomic E-state index is -1.08. The van der Waals surface area contributed by atoms with E-state index in [9.17, 15) is 24.9 Å². The first-order chi connectivity index (χ1) is 13.8. The van der Waals surface area contributed by atoms with Gasteiger partial charge in [0.15, 0.2) is 0 Å². The first kappa shape index (κ1) is 21.2. The van der Waals surface area contributed by atoms with E-state index in [1.165, 1.54) is 24.2 Å². The van der Waals surface area contributed by atoms with Gasteiger partial charge in [0.1, 0.15) is 5.70 Å². The summed E-state index contributed by atoms with van der Waals surface area (Å²) >= 11 is 1.54. The zero-order chi connectivity index (χ0) is 20.9. The van der Waals surface area contributed by atoms with Gasteiger partial charge < -0.3 is 25.5 Å². The topological polar surface area (TPSA) is 110 Å². The lowest BCUT2D eigenvalue weighted by Crippen LogP contribution is -2.63. The van der Waals surface area contributed by atoms with Crippen molar-refractivity contribution in [1.29, 1.82) is 0 Å². The minimum absolute atomic E-state index is 0.0464. The van der Waals surface area contributed by atoms with Crippen molar-refractivity contribution in [2.24, 2.45) is 17.8 Å². The van der Waals surface area contributed by atoms with Gasteiger partial charge in [-0.2, -0.15) is 0 Å². The number of β-lactam (4-membered cyclic amide) rings is 1. The summed E-state index contributed by atoms with van der Waals surface area (Å²) in [4.78, 5) is 26.5. The van der Waals surface area contributed by atoms with Crippen molar-refractivity contribution >= 4 is 23.6 Å². The molecule has 4 N–H and O–H groups in total. The summed E-state index contributed by atoms with van der Waals surface area (Å²) < 4.78 is 0. The standard InChI is InChI=1S/C21H32N2O5S/c1-10-16-15(11(2)24)20(26)23(16)17(21(27)28)19(10)29-13-8-14(22-9-13)18(25)12-6-4-3-5-7-12/h10-16,18,22,24-25H,3-9H2,1-2H3,(H,27,28)/t10-,11?,13?,14+,15?,16?,18?/m1/s1. The van der Waals surface area contributed by atoms with Crippen LogP contribution >= 0.6 is 11.8 Å². The Morgan fingerprint density at radius 2 is 1.93 bits per heavy atom. The fraction of sp³-hybridized carbons (Fsp3) is 0.810. The van der Waals surface area contributed by atoms with Gasteiger partial charge in [0.2, 0.25) is 5.91 Å². The van der Waals surface area contributed by atoms with E-state index in [1.807, 2.05) is 6.92 Å². The van der Waals surface area contributed by atoms with Gasteiger partial charge >= 0.3 is 5.97 Å². The molecular weight excluding hydrogens is 392 g/mol.